The number of nitrogens with zero attached hydrogens (tertiary/aromatic N) is 3. The summed E-state index contributed by atoms with van der Waals surface area (Å²) in [5.41, 5.74) is 1.20. The quantitative estimate of drug-likeness (QED) is 0.873. The fraction of sp³-hybridized carbons (Fsp3) is 0.353. The van der Waals surface area contributed by atoms with Gasteiger partial charge in [-0.2, -0.15) is 0 Å². The number of hydrogen-bond donors (Lipinski definition) is 1. The molecule has 7 nitrogen and oxygen atoms in total. The Kier molecular flexibility index (Phi) is 4.98. The van der Waals surface area contributed by atoms with Crippen LogP contribution in [-0.2, 0) is 9.84 Å². The molecule has 1 aliphatic heterocycles. The molecule has 1 fully saturated rings. The van der Waals surface area contributed by atoms with Crippen molar-refractivity contribution in [3.05, 3.63) is 48.3 Å². The van der Waals surface area contributed by atoms with E-state index in [1.807, 2.05) is 37.3 Å². The highest BCUT2D eigenvalue weighted by Gasteiger charge is 2.28. The van der Waals surface area contributed by atoms with Gasteiger partial charge in [0.1, 0.15) is 0 Å². The van der Waals surface area contributed by atoms with Crippen LogP contribution in [0, 0.1) is 0 Å². The molecule has 0 spiro atoms. The standard InChI is InChI=1S/C17H20N4O3S/c1-2-21(15-6-4-3-5-7-15)16(22)13-10-18-17(19-11-13)20-14-8-9-25(23,24)12-14/h3-7,10-11,14H,2,8-9,12H2,1H3,(H,18,19,20). The topological polar surface area (TPSA) is 92.3 Å². The van der Waals surface area contributed by atoms with Crippen LogP contribution >= 0.6 is 0 Å². The van der Waals surface area contributed by atoms with Gasteiger partial charge in [-0.05, 0) is 25.5 Å². The lowest BCUT2D eigenvalue weighted by Crippen LogP contribution is -2.31. The summed E-state index contributed by atoms with van der Waals surface area (Å²) in [6.45, 7) is 2.44. The first-order valence-corrected chi connectivity index (χ1v) is 9.96. The van der Waals surface area contributed by atoms with E-state index in [1.54, 1.807) is 4.90 Å². The van der Waals surface area contributed by atoms with Crippen molar-refractivity contribution in [3.63, 3.8) is 0 Å². The van der Waals surface area contributed by atoms with Gasteiger partial charge in [0.2, 0.25) is 5.95 Å². The van der Waals surface area contributed by atoms with E-state index in [0.717, 1.165) is 5.69 Å². The summed E-state index contributed by atoms with van der Waals surface area (Å²) in [6, 6.07) is 9.23. The van der Waals surface area contributed by atoms with Gasteiger partial charge in [0.05, 0.1) is 17.1 Å². The van der Waals surface area contributed by atoms with Crippen LogP contribution in [0.15, 0.2) is 42.7 Å². The molecule has 132 valence electrons. The summed E-state index contributed by atoms with van der Waals surface area (Å²) in [7, 11) is -2.96. The Morgan fingerprint density at radius 1 is 1.24 bits per heavy atom. The van der Waals surface area contributed by atoms with Crippen LogP contribution in [0.25, 0.3) is 0 Å². The number of carbonyl (C=O) groups excluding carboxylic acids is 1. The predicted octanol–water partition coefficient (Wildman–Crippen LogP) is 1.74. The molecule has 0 bridgehead atoms. The lowest BCUT2D eigenvalue weighted by atomic mass is 10.2. The zero-order chi connectivity index (χ0) is 17.9. The first-order valence-electron chi connectivity index (χ1n) is 8.14. The summed E-state index contributed by atoms with van der Waals surface area (Å²) in [6.07, 6.45) is 3.48. The smallest absolute Gasteiger partial charge is 0.261 e. The van der Waals surface area contributed by atoms with E-state index in [0.29, 0.717) is 24.5 Å². The number of benzene rings is 1. The number of hydrogen-bond acceptors (Lipinski definition) is 6. The first kappa shape index (κ1) is 17.3. The molecular formula is C17H20N4O3S. The van der Waals surface area contributed by atoms with Crippen LogP contribution in [0.5, 0.6) is 0 Å². The van der Waals surface area contributed by atoms with Gasteiger partial charge in [-0.1, -0.05) is 18.2 Å². The summed E-state index contributed by atoms with van der Waals surface area (Å²) in [4.78, 5) is 22.6. The van der Waals surface area contributed by atoms with Gasteiger partial charge in [-0.3, -0.25) is 4.79 Å². The van der Waals surface area contributed by atoms with E-state index >= 15 is 0 Å². The summed E-state index contributed by atoms with van der Waals surface area (Å²) in [5.74, 6) is 0.434. The lowest BCUT2D eigenvalue weighted by Gasteiger charge is -2.20. The number of anilines is 2. The zero-order valence-corrected chi connectivity index (χ0v) is 14.7. The Morgan fingerprint density at radius 3 is 2.48 bits per heavy atom. The minimum absolute atomic E-state index is 0.0919. The molecule has 8 heteroatoms. The summed E-state index contributed by atoms with van der Waals surface area (Å²) in [5, 5.41) is 3.01. The Bertz CT molecular complexity index is 838. The second-order valence-corrected chi connectivity index (χ2v) is 8.15. The van der Waals surface area contributed by atoms with Crippen LogP contribution in [0.1, 0.15) is 23.7 Å². The number of rotatable bonds is 5. The molecule has 3 rings (SSSR count). The molecular weight excluding hydrogens is 340 g/mol. The number of para-hydroxylation sites is 1. The van der Waals surface area contributed by atoms with Crippen molar-refractivity contribution in [2.24, 2.45) is 0 Å². The number of carbonyl (C=O) groups is 1. The van der Waals surface area contributed by atoms with Gasteiger partial charge in [-0.25, -0.2) is 18.4 Å². The molecule has 1 saturated heterocycles. The number of sulfone groups is 1. The van der Waals surface area contributed by atoms with Crippen LogP contribution < -0.4 is 10.2 Å². The molecule has 0 aliphatic carbocycles. The predicted molar refractivity (Wildman–Crippen MR) is 96.5 cm³/mol. The van der Waals surface area contributed by atoms with Crippen molar-refractivity contribution in [2.45, 2.75) is 19.4 Å². The third-order valence-electron chi connectivity index (χ3n) is 4.09. The second kappa shape index (κ2) is 7.18. The largest absolute Gasteiger partial charge is 0.350 e. The average molecular weight is 360 g/mol. The maximum Gasteiger partial charge on any atom is 0.261 e. The fourth-order valence-corrected chi connectivity index (χ4v) is 4.48. The van der Waals surface area contributed by atoms with Gasteiger partial charge >= 0.3 is 0 Å². The van der Waals surface area contributed by atoms with E-state index in [4.69, 9.17) is 0 Å². The van der Waals surface area contributed by atoms with Gasteiger partial charge in [-0.15, -0.1) is 0 Å². The van der Waals surface area contributed by atoms with Gasteiger partial charge in [0, 0.05) is 30.7 Å². The van der Waals surface area contributed by atoms with Gasteiger partial charge in [0.25, 0.3) is 5.91 Å². The average Bonchev–Trinajstić information content (AvgIpc) is 2.95. The lowest BCUT2D eigenvalue weighted by molar-refractivity contribution is 0.0987. The SMILES string of the molecule is CCN(C(=O)c1cnc(NC2CCS(=O)(=O)C2)nc1)c1ccccc1. The molecule has 0 radical (unpaired) electrons. The monoisotopic (exact) mass is 360 g/mol. The van der Waals surface area contributed by atoms with Crippen LogP contribution in [0.2, 0.25) is 0 Å². The zero-order valence-electron chi connectivity index (χ0n) is 13.9. The number of nitrogens with one attached hydrogen (secondary N) is 1. The van der Waals surface area contributed by atoms with E-state index in [2.05, 4.69) is 15.3 Å². The molecule has 1 amide bonds. The third kappa shape index (κ3) is 4.14. The van der Waals surface area contributed by atoms with Crippen LogP contribution in [-0.4, -0.2) is 48.4 Å². The fourth-order valence-electron chi connectivity index (χ4n) is 2.81. The molecule has 0 saturated carbocycles. The molecule has 1 aromatic heterocycles. The Balaban J connectivity index is 1.70. The van der Waals surface area contributed by atoms with Crippen molar-refractivity contribution < 1.29 is 13.2 Å². The molecule has 25 heavy (non-hydrogen) atoms. The van der Waals surface area contributed by atoms with Gasteiger partial charge < -0.3 is 10.2 Å². The first-order chi connectivity index (χ1) is 12.0. The van der Waals surface area contributed by atoms with E-state index in [-0.39, 0.29) is 23.5 Å². The Hall–Kier alpha value is -2.48. The van der Waals surface area contributed by atoms with Crippen molar-refractivity contribution in [3.8, 4) is 0 Å². The molecule has 2 aromatic rings. The highest BCUT2D eigenvalue weighted by molar-refractivity contribution is 7.91. The maximum absolute atomic E-state index is 12.7. The Labute approximate surface area is 147 Å². The number of aromatic nitrogens is 2. The van der Waals surface area contributed by atoms with E-state index < -0.39 is 9.84 Å². The molecule has 1 aromatic carbocycles. The van der Waals surface area contributed by atoms with Crippen molar-refractivity contribution in [1.29, 1.82) is 0 Å². The maximum atomic E-state index is 12.7. The molecule has 1 aliphatic rings. The number of amides is 1. The molecule has 1 unspecified atom stereocenters. The van der Waals surface area contributed by atoms with E-state index in [1.165, 1.54) is 12.4 Å². The highest BCUT2D eigenvalue weighted by atomic mass is 32.2. The van der Waals surface area contributed by atoms with E-state index in [9.17, 15) is 13.2 Å². The minimum Gasteiger partial charge on any atom is -0.350 e. The van der Waals surface area contributed by atoms with Crippen LogP contribution in [0.3, 0.4) is 0 Å². The van der Waals surface area contributed by atoms with Crippen molar-refractivity contribution >= 4 is 27.4 Å². The summed E-state index contributed by atoms with van der Waals surface area (Å²) >= 11 is 0. The summed E-state index contributed by atoms with van der Waals surface area (Å²) < 4.78 is 23.0. The van der Waals surface area contributed by atoms with Gasteiger partial charge in [0.15, 0.2) is 9.84 Å². The third-order valence-corrected chi connectivity index (χ3v) is 5.86. The Morgan fingerprint density at radius 2 is 1.92 bits per heavy atom. The van der Waals surface area contributed by atoms with Crippen LogP contribution in [0.4, 0.5) is 11.6 Å². The minimum atomic E-state index is -2.96. The normalized spacial score (nSPS) is 18.7. The molecule has 1 atom stereocenters. The molecule has 2 heterocycles. The highest BCUT2D eigenvalue weighted by Crippen LogP contribution is 2.17. The van der Waals surface area contributed by atoms with Crippen molar-refractivity contribution in [2.75, 3.05) is 28.3 Å². The second-order valence-electron chi connectivity index (χ2n) is 5.92. The molecule has 1 N–H and O–H groups in total. The van der Waals surface area contributed by atoms with Crippen molar-refractivity contribution in [1.82, 2.24) is 9.97 Å².